The summed E-state index contributed by atoms with van der Waals surface area (Å²) in [5.74, 6) is -0.0895. The van der Waals surface area contributed by atoms with E-state index in [1.165, 1.54) is 0 Å². The van der Waals surface area contributed by atoms with Gasteiger partial charge in [-0.1, -0.05) is 0 Å². The third-order valence-corrected chi connectivity index (χ3v) is 3.77. The second-order valence-electron chi connectivity index (χ2n) is 5.07. The third-order valence-electron chi connectivity index (χ3n) is 3.77. The Morgan fingerprint density at radius 1 is 1.50 bits per heavy atom. The molecule has 2 heterocycles. The summed E-state index contributed by atoms with van der Waals surface area (Å²) in [7, 11) is 3.60. The fraction of sp³-hybridized carbons (Fsp3) is 0.429. The number of aryl methyl sites for hydroxylation is 1. The number of imidazole rings is 1. The van der Waals surface area contributed by atoms with E-state index in [0.717, 1.165) is 24.1 Å². The van der Waals surface area contributed by atoms with Crippen molar-refractivity contribution >= 4 is 16.9 Å². The van der Waals surface area contributed by atoms with Gasteiger partial charge in [0.1, 0.15) is 0 Å². The molecule has 1 fully saturated rings. The molecular formula is C14H18N4O2. The standard InChI is InChI=1S/C14H18N4O2/c1-18-8-16-10-5-9(3-4-12(10)18)14(19)17-11-6-15-7-13(11)20-2/h3-5,8,11,13,15H,6-7H2,1-2H3,(H,17,19)/t11-,13-/m0/s1. The number of hydrogen-bond acceptors (Lipinski definition) is 4. The number of amides is 1. The molecule has 1 aliphatic rings. The zero-order chi connectivity index (χ0) is 14.1. The Morgan fingerprint density at radius 2 is 2.35 bits per heavy atom. The van der Waals surface area contributed by atoms with Gasteiger partial charge in [0.2, 0.25) is 0 Å². The van der Waals surface area contributed by atoms with Gasteiger partial charge in [-0.3, -0.25) is 4.79 Å². The van der Waals surface area contributed by atoms with E-state index in [1.54, 1.807) is 13.4 Å². The van der Waals surface area contributed by atoms with Crippen LogP contribution in [0.15, 0.2) is 24.5 Å². The molecule has 6 nitrogen and oxygen atoms in total. The monoisotopic (exact) mass is 274 g/mol. The third kappa shape index (κ3) is 2.28. The molecule has 0 radical (unpaired) electrons. The quantitative estimate of drug-likeness (QED) is 0.844. The second kappa shape index (κ2) is 5.22. The molecule has 0 aliphatic carbocycles. The second-order valence-corrected chi connectivity index (χ2v) is 5.07. The van der Waals surface area contributed by atoms with Gasteiger partial charge in [0.05, 0.1) is 29.5 Å². The summed E-state index contributed by atoms with van der Waals surface area (Å²) < 4.78 is 7.27. The maximum absolute atomic E-state index is 12.3. The number of methoxy groups -OCH3 is 1. The molecule has 2 aromatic rings. The molecular weight excluding hydrogens is 256 g/mol. The van der Waals surface area contributed by atoms with Crippen LogP contribution < -0.4 is 10.6 Å². The Morgan fingerprint density at radius 3 is 3.15 bits per heavy atom. The summed E-state index contributed by atoms with van der Waals surface area (Å²) in [6, 6.07) is 5.56. The highest BCUT2D eigenvalue weighted by atomic mass is 16.5. The highest BCUT2D eigenvalue weighted by Gasteiger charge is 2.28. The van der Waals surface area contributed by atoms with Crippen LogP contribution in [0.1, 0.15) is 10.4 Å². The number of hydrogen-bond donors (Lipinski definition) is 2. The van der Waals surface area contributed by atoms with Crippen LogP contribution >= 0.6 is 0 Å². The molecule has 1 aromatic carbocycles. The summed E-state index contributed by atoms with van der Waals surface area (Å²) in [5.41, 5.74) is 2.46. The van der Waals surface area contributed by atoms with E-state index in [4.69, 9.17) is 4.74 Å². The van der Waals surface area contributed by atoms with Crippen molar-refractivity contribution in [2.45, 2.75) is 12.1 Å². The first-order valence-electron chi connectivity index (χ1n) is 6.64. The fourth-order valence-corrected chi connectivity index (χ4v) is 2.58. The number of rotatable bonds is 3. The number of nitrogens with zero attached hydrogens (tertiary/aromatic N) is 2. The van der Waals surface area contributed by atoms with Crippen LogP contribution in [0.25, 0.3) is 11.0 Å². The molecule has 0 unspecified atom stereocenters. The molecule has 1 amide bonds. The van der Waals surface area contributed by atoms with Crippen LogP contribution in [-0.2, 0) is 11.8 Å². The molecule has 2 atom stereocenters. The van der Waals surface area contributed by atoms with Crippen LogP contribution in [0.3, 0.4) is 0 Å². The average molecular weight is 274 g/mol. The maximum Gasteiger partial charge on any atom is 0.251 e. The number of ether oxygens (including phenoxy) is 1. The van der Waals surface area contributed by atoms with Gasteiger partial charge >= 0.3 is 0 Å². The number of carbonyl (C=O) groups excluding carboxylic acids is 1. The number of nitrogens with one attached hydrogen (secondary N) is 2. The lowest BCUT2D eigenvalue weighted by Gasteiger charge is -2.18. The van der Waals surface area contributed by atoms with Crippen molar-refractivity contribution in [3.63, 3.8) is 0 Å². The minimum atomic E-state index is -0.0895. The van der Waals surface area contributed by atoms with Gasteiger partial charge in [-0.05, 0) is 18.2 Å². The van der Waals surface area contributed by atoms with E-state index >= 15 is 0 Å². The number of aromatic nitrogens is 2. The largest absolute Gasteiger partial charge is 0.378 e. The molecule has 0 spiro atoms. The van der Waals surface area contributed by atoms with E-state index in [2.05, 4.69) is 15.6 Å². The molecule has 1 saturated heterocycles. The van der Waals surface area contributed by atoms with E-state index in [1.807, 2.05) is 29.8 Å². The van der Waals surface area contributed by atoms with Crippen molar-refractivity contribution in [2.24, 2.45) is 7.05 Å². The summed E-state index contributed by atoms with van der Waals surface area (Å²) in [6.07, 6.45) is 1.77. The van der Waals surface area contributed by atoms with Crippen LogP contribution in [0.5, 0.6) is 0 Å². The molecule has 2 N–H and O–H groups in total. The first-order chi connectivity index (χ1) is 9.69. The number of carbonyl (C=O) groups is 1. The minimum absolute atomic E-state index is 0.00642. The summed E-state index contributed by atoms with van der Waals surface area (Å²) in [5, 5.41) is 6.21. The summed E-state index contributed by atoms with van der Waals surface area (Å²) >= 11 is 0. The van der Waals surface area contributed by atoms with E-state index in [0.29, 0.717) is 5.56 Å². The van der Waals surface area contributed by atoms with E-state index in [9.17, 15) is 4.79 Å². The van der Waals surface area contributed by atoms with Crippen LogP contribution in [0.4, 0.5) is 0 Å². The van der Waals surface area contributed by atoms with Gasteiger partial charge in [-0.2, -0.15) is 0 Å². The Labute approximate surface area is 117 Å². The lowest BCUT2D eigenvalue weighted by molar-refractivity contribution is 0.0780. The van der Waals surface area contributed by atoms with Gasteiger partial charge in [-0.15, -0.1) is 0 Å². The Balaban J connectivity index is 1.78. The predicted octanol–water partition coefficient (Wildman–Crippen LogP) is 0.290. The van der Waals surface area contributed by atoms with Crippen molar-refractivity contribution in [2.75, 3.05) is 20.2 Å². The lowest BCUT2D eigenvalue weighted by Crippen LogP contribution is -2.43. The van der Waals surface area contributed by atoms with Crippen LogP contribution in [0, 0.1) is 0 Å². The minimum Gasteiger partial charge on any atom is -0.378 e. The molecule has 106 valence electrons. The molecule has 6 heteroatoms. The topological polar surface area (TPSA) is 68.2 Å². The Bertz CT molecular complexity index is 637. The molecule has 1 aromatic heterocycles. The van der Waals surface area contributed by atoms with E-state index in [-0.39, 0.29) is 18.1 Å². The number of fused-ring (bicyclic) bond motifs is 1. The van der Waals surface area contributed by atoms with Crippen molar-refractivity contribution in [1.82, 2.24) is 20.2 Å². The molecule has 1 aliphatic heterocycles. The smallest absolute Gasteiger partial charge is 0.251 e. The lowest BCUT2D eigenvalue weighted by atomic mass is 10.1. The Hall–Kier alpha value is -1.92. The maximum atomic E-state index is 12.3. The molecule has 20 heavy (non-hydrogen) atoms. The zero-order valence-corrected chi connectivity index (χ0v) is 11.6. The summed E-state index contributed by atoms with van der Waals surface area (Å²) in [4.78, 5) is 16.6. The van der Waals surface area contributed by atoms with Crippen molar-refractivity contribution in [1.29, 1.82) is 0 Å². The molecule has 0 bridgehead atoms. The van der Waals surface area contributed by atoms with Crippen LogP contribution in [-0.4, -0.2) is 47.8 Å². The highest BCUT2D eigenvalue weighted by molar-refractivity contribution is 5.97. The van der Waals surface area contributed by atoms with Crippen molar-refractivity contribution in [3.05, 3.63) is 30.1 Å². The Kier molecular flexibility index (Phi) is 3.42. The average Bonchev–Trinajstić information content (AvgIpc) is 3.05. The van der Waals surface area contributed by atoms with Gasteiger partial charge in [0.25, 0.3) is 5.91 Å². The number of benzene rings is 1. The van der Waals surface area contributed by atoms with Crippen LogP contribution in [0.2, 0.25) is 0 Å². The first-order valence-corrected chi connectivity index (χ1v) is 6.64. The normalized spacial score (nSPS) is 22.3. The van der Waals surface area contributed by atoms with E-state index < -0.39 is 0 Å². The molecule has 3 rings (SSSR count). The fourth-order valence-electron chi connectivity index (χ4n) is 2.58. The summed E-state index contributed by atoms with van der Waals surface area (Å²) in [6.45, 7) is 1.50. The highest BCUT2D eigenvalue weighted by Crippen LogP contribution is 2.14. The van der Waals surface area contributed by atoms with Crippen molar-refractivity contribution < 1.29 is 9.53 Å². The molecule has 0 saturated carbocycles. The zero-order valence-electron chi connectivity index (χ0n) is 11.6. The SMILES string of the molecule is CO[C@H]1CNC[C@@H]1NC(=O)c1ccc2c(c1)ncn2C. The van der Waals surface area contributed by atoms with Gasteiger partial charge < -0.3 is 19.9 Å². The van der Waals surface area contributed by atoms with Gasteiger partial charge in [0.15, 0.2) is 0 Å². The predicted molar refractivity (Wildman–Crippen MR) is 75.6 cm³/mol. The first kappa shape index (κ1) is 13.1. The van der Waals surface area contributed by atoms with Crippen molar-refractivity contribution in [3.8, 4) is 0 Å². The van der Waals surface area contributed by atoms with Gasteiger partial charge in [0, 0.05) is 32.8 Å². The van der Waals surface area contributed by atoms with Gasteiger partial charge in [-0.25, -0.2) is 4.98 Å².